The molecule has 4 rings (SSSR count). The van der Waals surface area contributed by atoms with Crippen molar-refractivity contribution in [3.63, 3.8) is 0 Å². The Morgan fingerprint density at radius 3 is 2.26 bits per heavy atom. The normalized spacial score (nSPS) is 12.2. The fourth-order valence-electron chi connectivity index (χ4n) is 3.66. The molecule has 0 aliphatic rings. The second-order valence-corrected chi connectivity index (χ2v) is 9.31. The molecule has 3 aromatic carbocycles. The minimum absolute atomic E-state index is 0.134. The number of nitrogens with zero attached hydrogens (tertiary/aromatic N) is 2. The molecule has 0 aliphatic carbocycles. The maximum atomic E-state index is 13.3. The first-order chi connectivity index (χ1) is 18.0. The predicted molar refractivity (Wildman–Crippen MR) is 140 cm³/mol. The van der Waals surface area contributed by atoms with E-state index in [0.29, 0.717) is 32.5 Å². The summed E-state index contributed by atoms with van der Waals surface area (Å²) in [6, 6.07) is 20.3. The van der Waals surface area contributed by atoms with Crippen LogP contribution in [-0.2, 0) is 17.5 Å². The lowest BCUT2D eigenvalue weighted by Gasteiger charge is -2.14. The second kappa shape index (κ2) is 11.3. The molecular weight excluding hydrogens is 540 g/mol. The minimum atomic E-state index is -4.66. The van der Waals surface area contributed by atoms with Crippen LogP contribution in [0.15, 0.2) is 78.9 Å². The quantitative estimate of drug-likeness (QED) is 0.259. The van der Waals surface area contributed by atoms with Gasteiger partial charge in [-0.3, -0.25) is 9.59 Å². The van der Waals surface area contributed by atoms with Crippen LogP contribution in [0.2, 0.25) is 10.0 Å². The number of anilines is 1. The summed E-state index contributed by atoms with van der Waals surface area (Å²) in [4.78, 5) is 25.3. The van der Waals surface area contributed by atoms with Crippen molar-refractivity contribution in [1.82, 2.24) is 15.1 Å². The molecule has 2 amide bonds. The van der Waals surface area contributed by atoms with Crippen LogP contribution in [0.25, 0.3) is 5.69 Å². The van der Waals surface area contributed by atoms with Crippen LogP contribution in [0, 0.1) is 0 Å². The van der Waals surface area contributed by atoms with Gasteiger partial charge < -0.3 is 10.6 Å². The van der Waals surface area contributed by atoms with Crippen molar-refractivity contribution in [3.05, 3.63) is 111 Å². The molecule has 0 bridgehead atoms. The van der Waals surface area contributed by atoms with E-state index in [9.17, 15) is 22.8 Å². The van der Waals surface area contributed by atoms with Gasteiger partial charge in [-0.1, -0.05) is 41.4 Å². The van der Waals surface area contributed by atoms with Gasteiger partial charge in [-0.05, 0) is 73.2 Å². The fourth-order valence-corrected chi connectivity index (χ4v) is 3.97. The van der Waals surface area contributed by atoms with E-state index in [-0.39, 0.29) is 18.1 Å². The minimum Gasteiger partial charge on any atom is -0.350 e. The number of nitrogens with one attached hydrogen (secondary N) is 2. The highest BCUT2D eigenvalue weighted by Crippen LogP contribution is 2.30. The van der Waals surface area contributed by atoms with Gasteiger partial charge in [-0.2, -0.15) is 18.3 Å². The van der Waals surface area contributed by atoms with Crippen molar-refractivity contribution in [2.75, 3.05) is 5.32 Å². The Balaban J connectivity index is 1.44. The van der Waals surface area contributed by atoms with Crippen LogP contribution >= 0.6 is 23.2 Å². The Morgan fingerprint density at radius 2 is 1.63 bits per heavy atom. The molecule has 38 heavy (non-hydrogen) atoms. The number of carbonyl (C=O) groups is 2. The average Bonchev–Trinajstić information content (AvgIpc) is 3.33. The van der Waals surface area contributed by atoms with E-state index >= 15 is 0 Å². The largest absolute Gasteiger partial charge is 0.435 e. The standard InChI is InChI=1S/C27H21Cl2F3N4O2/c1-16(17-5-7-18(8-6-17)26(38)34-21-11-9-19(28)10-12-21)25(37)33-15-23-14-24(27(30,31)32)35-36(23)22-4-2-3-20(29)13-22/h2-14,16H,15H2,1H3,(H,33,37)(H,34,38). The molecule has 11 heteroatoms. The van der Waals surface area contributed by atoms with Crippen molar-refractivity contribution in [2.45, 2.75) is 25.6 Å². The molecule has 0 aliphatic heterocycles. The molecule has 196 valence electrons. The summed E-state index contributed by atoms with van der Waals surface area (Å²) in [5.41, 5.74) is 0.988. The van der Waals surface area contributed by atoms with Crippen molar-refractivity contribution in [3.8, 4) is 5.69 Å². The van der Waals surface area contributed by atoms with E-state index < -0.39 is 23.7 Å². The van der Waals surface area contributed by atoms with Gasteiger partial charge in [0.1, 0.15) is 0 Å². The zero-order valence-electron chi connectivity index (χ0n) is 19.9. The summed E-state index contributed by atoms with van der Waals surface area (Å²) in [6.45, 7) is 1.47. The van der Waals surface area contributed by atoms with Gasteiger partial charge in [0.2, 0.25) is 5.91 Å². The fraction of sp³-hybridized carbons (Fsp3) is 0.148. The van der Waals surface area contributed by atoms with Crippen LogP contribution in [0.3, 0.4) is 0 Å². The van der Waals surface area contributed by atoms with Crippen LogP contribution in [0.1, 0.15) is 40.2 Å². The van der Waals surface area contributed by atoms with Crippen molar-refractivity contribution in [2.24, 2.45) is 0 Å². The molecule has 1 atom stereocenters. The Kier molecular flexibility index (Phi) is 8.08. The first-order valence-electron chi connectivity index (χ1n) is 11.4. The Labute approximate surface area is 226 Å². The summed E-state index contributed by atoms with van der Waals surface area (Å²) in [5.74, 6) is -1.37. The van der Waals surface area contributed by atoms with Gasteiger partial charge in [0.25, 0.3) is 5.91 Å². The number of benzene rings is 3. The van der Waals surface area contributed by atoms with Gasteiger partial charge in [0.05, 0.1) is 23.8 Å². The van der Waals surface area contributed by atoms with Crippen molar-refractivity contribution < 1.29 is 22.8 Å². The van der Waals surface area contributed by atoms with E-state index in [4.69, 9.17) is 23.2 Å². The molecule has 1 unspecified atom stereocenters. The molecule has 0 fully saturated rings. The molecule has 1 heterocycles. The topological polar surface area (TPSA) is 76.0 Å². The third-order valence-corrected chi connectivity index (χ3v) is 6.23. The molecule has 0 radical (unpaired) electrons. The predicted octanol–water partition coefficient (Wildman–Crippen LogP) is 6.87. The molecular formula is C27H21Cl2F3N4O2. The lowest BCUT2D eigenvalue weighted by atomic mass is 9.98. The van der Waals surface area contributed by atoms with Crippen molar-refractivity contribution in [1.29, 1.82) is 0 Å². The number of aromatic nitrogens is 2. The molecule has 0 saturated carbocycles. The Morgan fingerprint density at radius 1 is 0.947 bits per heavy atom. The van der Waals surface area contributed by atoms with Crippen molar-refractivity contribution >= 4 is 40.7 Å². The van der Waals surface area contributed by atoms with Gasteiger partial charge >= 0.3 is 6.18 Å². The van der Waals surface area contributed by atoms with Crippen LogP contribution in [0.4, 0.5) is 18.9 Å². The Hall–Kier alpha value is -3.82. The number of rotatable bonds is 7. The molecule has 4 aromatic rings. The average molecular weight is 561 g/mol. The molecule has 0 saturated heterocycles. The first kappa shape index (κ1) is 27.2. The van der Waals surface area contributed by atoms with E-state index in [1.54, 1.807) is 73.7 Å². The third-order valence-electron chi connectivity index (χ3n) is 5.74. The number of amides is 2. The molecule has 6 nitrogen and oxygen atoms in total. The van der Waals surface area contributed by atoms with E-state index in [1.165, 1.54) is 6.07 Å². The highest BCUT2D eigenvalue weighted by Gasteiger charge is 2.35. The first-order valence-corrected chi connectivity index (χ1v) is 12.1. The van der Waals surface area contributed by atoms with Crippen LogP contribution in [-0.4, -0.2) is 21.6 Å². The summed E-state index contributed by atoms with van der Waals surface area (Å²) < 4.78 is 41.1. The zero-order chi connectivity index (χ0) is 27.4. The van der Waals surface area contributed by atoms with Gasteiger partial charge in [-0.15, -0.1) is 0 Å². The van der Waals surface area contributed by atoms with E-state index in [0.717, 1.165) is 10.7 Å². The summed E-state index contributed by atoms with van der Waals surface area (Å²) in [5, 5.41) is 9.98. The number of hydrogen-bond donors (Lipinski definition) is 2. The van der Waals surface area contributed by atoms with E-state index in [1.807, 2.05) is 0 Å². The lowest BCUT2D eigenvalue weighted by molar-refractivity contribution is -0.141. The molecule has 1 aromatic heterocycles. The maximum absolute atomic E-state index is 13.3. The third kappa shape index (κ3) is 6.54. The lowest BCUT2D eigenvalue weighted by Crippen LogP contribution is -2.28. The smallest absolute Gasteiger partial charge is 0.350 e. The summed E-state index contributed by atoms with van der Waals surface area (Å²) >= 11 is 11.9. The summed E-state index contributed by atoms with van der Waals surface area (Å²) in [7, 11) is 0. The van der Waals surface area contributed by atoms with Crippen LogP contribution < -0.4 is 10.6 Å². The van der Waals surface area contributed by atoms with E-state index in [2.05, 4.69) is 15.7 Å². The Bertz CT molecular complexity index is 1450. The monoisotopic (exact) mass is 560 g/mol. The van der Waals surface area contributed by atoms with Gasteiger partial charge in [0, 0.05) is 21.3 Å². The highest BCUT2D eigenvalue weighted by atomic mass is 35.5. The maximum Gasteiger partial charge on any atom is 0.435 e. The highest BCUT2D eigenvalue weighted by molar-refractivity contribution is 6.31. The number of halogens is 5. The molecule has 0 spiro atoms. The SMILES string of the molecule is CC(C(=O)NCc1cc(C(F)(F)F)nn1-c1cccc(Cl)c1)c1ccc(C(=O)Nc2ccc(Cl)cc2)cc1. The van der Waals surface area contributed by atoms with Gasteiger partial charge in [0.15, 0.2) is 5.69 Å². The number of alkyl halides is 3. The molecule has 2 N–H and O–H groups in total. The zero-order valence-corrected chi connectivity index (χ0v) is 21.4. The number of carbonyl (C=O) groups excluding carboxylic acids is 2. The number of hydrogen-bond acceptors (Lipinski definition) is 3. The second-order valence-electron chi connectivity index (χ2n) is 8.43. The summed E-state index contributed by atoms with van der Waals surface area (Å²) in [6.07, 6.45) is -4.66. The van der Waals surface area contributed by atoms with Gasteiger partial charge in [-0.25, -0.2) is 4.68 Å². The van der Waals surface area contributed by atoms with Crippen LogP contribution in [0.5, 0.6) is 0 Å².